The molecular weight excluding hydrogens is 268 g/mol. The summed E-state index contributed by atoms with van der Waals surface area (Å²) in [5.41, 5.74) is 3.79. The SMILES string of the molecule is C(#Cc1cnc2ccccc2c1)c1cnc2ccccc2c1. The Kier molecular flexibility index (Phi) is 3.03. The fourth-order valence-electron chi connectivity index (χ4n) is 2.42. The average Bonchev–Trinajstić information content (AvgIpc) is 2.59. The molecule has 0 aliphatic heterocycles. The predicted octanol–water partition coefficient (Wildman–Crippen LogP) is 4.18. The first-order valence-electron chi connectivity index (χ1n) is 7.10. The van der Waals surface area contributed by atoms with Crippen molar-refractivity contribution >= 4 is 21.8 Å². The van der Waals surface area contributed by atoms with Gasteiger partial charge in [-0.1, -0.05) is 48.2 Å². The van der Waals surface area contributed by atoms with Gasteiger partial charge < -0.3 is 0 Å². The minimum atomic E-state index is 0.909. The highest BCUT2D eigenvalue weighted by Gasteiger charge is 1.96. The van der Waals surface area contributed by atoms with Crippen molar-refractivity contribution in [3.8, 4) is 11.8 Å². The highest BCUT2D eigenvalue weighted by Crippen LogP contribution is 2.13. The van der Waals surface area contributed by atoms with E-state index in [0.717, 1.165) is 32.9 Å². The van der Waals surface area contributed by atoms with E-state index in [9.17, 15) is 0 Å². The Balaban J connectivity index is 1.73. The van der Waals surface area contributed by atoms with Crippen LogP contribution in [0.25, 0.3) is 21.8 Å². The van der Waals surface area contributed by atoms with E-state index in [0.29, 0.717) is 0 Å². The van der Waals surface area contributed by atoms with E-state index in [4.69, 9.17) is 0 Å². The number of aromatic nitrogens is 2. The van der Waals surface area contributed by atoms with Crippen molar-refractivity contribution in [2.75, 3.05) is 0 Å². The third kappa shape index (κ3) is 2.41. The normalized spacial score (nSPS) is 10.4. The fourth-order valence-corrected chi connectivity index (χ4v) is 2.42. The highest BCUT2D eigenvalue weighted by atomic mass is 14.7. The van der Waals surface area contributed by atoms with Crippen LogP contribution in [-0.2, 0) is 0 Å². The van der Waals surface area contributed by atoms with Crippen molar-refractivity contribution in [1.82, 2.24) is 9.97 Å². The summed E-state index contributed by atoms with van der Waals surface area (Å²) in [6.07, 6.45) is 3.62. The lowest BCUT2D eigenvalue weighted by Crippen LogP contribution is -1.83. The third-order valence-corrected chi connectivity index (χ3v) is 3.53. The molecule has 2 aromatic carbocycles. The van der Waals surface area contributed by atoms with Crippen molar-refractivity contribution in [2.45, 2.75) is 0 Å². The summed E-state index contributed by atoms with van der Waals surface area (Å²) in [4.78, 5) is 8.85. The van der Waals surface area contributed by atoms with Crippen LogP contribution in [0, 0.1) is 11.8 Å². The summed E-state index contributed by atoms with van der Waals surface area (Å²) in [6.45, 7) is 0. The second kappa shape index (κ2) is 5.31. The fraction of sp³-hybridized carbons (Fsp3) is 0. The Bertz CT molecular complexity index is 956. The first-order chi connectivity index (χ1) is 10.9. The number of hydrogen-bond acceptors (Lipinski definition) is 2. The topological polar surface area (TPSA) is 25.8 Å². The second-order valence-electron chi connectivity index (χ2n) is 5.08. The van der Waals surface area contributed by atoms with E-state index < -0.39 is 0 Å². The van der Waals surface area contributed by atoms with Gasteiger partial charge in [-0.2, -0.15) is 0 Å². The Morgan fingerprint density at radius 3 is 1.55 bits per heavy atom. The van der Waals surface area contributed by atoms with Gasteiger partial charge in [-0.25, -0.2) is 0 Å². The van der Waals surface area contributed by atoms with Gasteiger partial charge in [0.05, 0.1) is 11.0 Å². The van der Waals surface area contributed by atoms with E-state index in [1.807, 2.05) is 60.9 Å². The quantitative estimate of drug-likeness (QED) is 0.451. The Morgan fingerprint density at radius 2 is 1.05 bits per heavy atom. The van der Waals surface area contributed by atoms with Crippen LogP contribution in [0.5, 0.6) is 0 Å². The zero-order valence-corrected chi connectivity index (χ0v) is 11.8. The van der Waals surface area contributed by atoms with Gasteiger partial charge in [-0.05, 0) is 24.3 Å². The molecule has 102 valence electrons. The maximum absolute atomic E-state index is 4.43. The summed E-state index contributed by atoms with van der Waals surface area (Å²) in [7, 11) is 0. The monoisotopic (exact) mass is 280 g/mol. The van der Waals surface area contributed by atoms with Gasteiger partial charge in [0, 0.05) is 34.3 Å². The molecular formula is C20H12N2. The van der Waals surface area contributed by atoms with Crippen LogP contribution in [0.1, 0.15) is 11.1 Å². The van der Waals surface area contributed by atoms with E-state index in [1.54, 1.807) is 0 Å². The van der Waals surface area contributed by atoms with Crippen LogP contribution >= 0.6 is 0 Å². The molecule has 0 fully saturated rings. The summed E-state index contributed by atoms with van der Waals surface area (Å²) in [5, 5.41) is 2.21. The Labute approximate surface area is 128 Å². The van der Waals surface area contributed by atoms with Gasteiger partial charge in [-0.3, -0.25) is 9.97 Å². The molecule has 2 aromatic heterocycles. The van der Waals surface area contributed by atoms with Crippen LogP contribution < -0.4 is 0 Å². The van der Waals surface area contributed by atoms with Crippen molar-refractivity contribution < 1.29 is 0 Å². The van der Waals surface area contributed by atoms with Gasteiger partial charge in [0.25, 0.3) is 0 Å². The zero-order valence-electron chi connectivity index (χ0n) is 11.8. The summed E-state index contributed by atoms with van der Waals surface area (Å²) in [5.74, 6) is 6.33. The third-order valence-electron chi connectivity index (χ3n) is 3.53. The zero-order chi connectivity index (χ0) is 14.8. The minimum Gasteiger partial charge on any atom is -0.255 e. The summed E-state index contributed by atoms with van der Waals surface area (Å²) >= 11 is 0. The molecule has 2 nitrogen and oxygen atoms in total. The highest BCUT2D eigenvalue weighted by molar-refractivity contribution is 5.80. The second-order valence-corrected chi connectivity index (χ2v) is 5.08. The summed E-state index contributed by atoms with van der Waals surface area (Å²) in [6, 6.07) is 20.2. The molecule has 4 aromatic rings. The van der Waals surface area contributed by atoms with Crippen LogP contribution in [-0.4, -0.2) is 9.97 Å². The summed E-state index contributed by atoms with van der Waals surface area (Å²) < 4.78 is 0. The lowest BCUT2D eigenvalue weighted by atomic mass is 10.1. The Hall–Kier alpha value is -3.18. The van der Waals surface area contributed by atoms with E-state index in [1.165, 1.54) is 0 Å². The van der Waals surface area contributed by atoms with Crippen LogP contribution in [0.3, 0.4) is 0 Å². The molecule has 0 saturated heterocycles. The Morgan fingerprint density at radius 1 is 0.591 bits per heavy atom. The van der Waals surface area contributed by atoms with E-state index in [2.05, 4.69) is 33.9 Å². The van der Waals surface area contributed by atoms with Crippen LogP contribution in [0.4, 0.5) is 0 Å². The first kappa shape index (κ1) is 12.6. The number of pyridine rings is 2. The molecule has 2 heteroatoms. The van der Waals surface area contributed by atoms with Crippen molar-refractivity contribution in [3.05, 3.63) is 84.2 Å². The lowest BCUT2D eigenvalue weighted by molar-refractivity contribution is 1.38. The number of fused-ring (bicyclic) bond motifs is 2. The number of hydrogen-bond donors (Lipinski definition) is 0. The molecule has 22 heavy (non-hydrogen) atoms. The molecule has 0 unspecified atom stereocenters. The number of nitrogens with zero attached hydrogens (tertiary/aromatic N) is 2. The molecule has 0 amide bonds. The van der Waals surface area contributed by atoms with Gasteiger partial charge >= 0.3 is 0 Å². The largest absolute Gasteiger partial charge is 0.255 e. The minimum absolute atomic E-state index is 0.909. The molecule has 0 N–H and O–H groups in total. The molecule has 0 spiro atoms. The molecule has 0 atom stereocenters. The number of rotatable bonds is 0. The first-order valence-corrected chi connectivity index (χ1v) is 7.10. The average molecular weight is 280 g/mol. The van der Waals surface area contributed by atoms with Gasteiger partial charge in [-0.15, -0.1) is 0 Å². The maximum Gasteiger partial charge on any atom is 0.0702 e. The maximum atomic E-state index is 4.43. The molecule has 0 bridgehead atoms. The molecule has 2 heterocycles. The standard InChI is InChI=1S/C20H12N2/c1-3-7-19-17(5-1)11-15(13-21-19)9-10-16-12-18-6-2-4-8-20(18)22-14-16/h1-8,11-14H. The van der Waals surface area contributed by atoms with Gasteiger partial charge in [0.1, 0.15) is 0 Å². The predicted molar refractivity (Wildman–Crippen MR) is 89.5 cm³/mol. The van der Waals surface area contributed by atoms with Gasteiger partial charge in [0.15, 0.2) is 0 Å². The number of para-hydroxylation sites is 2. The van der Waals surface area contributed by atoms with Crippen molar-refractivity contribution in [2.24, 2.45) is 0 Å². The van der Waals surface area contributed by atoms with Crippen LogP contribution in [0.2, 0.25) is 0 Å². The molecule has 4 rings (SSSR count). The number of benzene rings is 2. The van der Waals surface area contributed by atoms with E-state index >= 15 is 0 Å². The van der Waals surface area contributed by atoms with Crippen LogP contribution in [0.15, 0.2) is 73.1 Å². The van der Waals surface area contributed by atoms with Crippen molar-refractivity contribution in [3.63, 3.8) is 0 Å². The molecule has 0 aliphatic rings. The van der Waals surface area contributed by atoms with E-state index in [-0.39, 0.29) is 0 Å². The molecule has 0 aliphatic carbocycles. The van der Waals surface area contributed by atoms with Crippen molar-refractivity contribution in [1.29, 1.82) is 0 Å². The molecule has 0 radical (unpaired) electrons. The molecule has 0 saturated carbocycles. The lowest BCUT2D eigenvalue weighted by Gasteiger charge is -1.97. The smallest absolute Gasteiger partial charge is 0.0702 e. The van der Waals surface area contributed by atoms with Gasteiger partial charge in [0.2, 0.25) is 0 Å².